The number of unbranched alkanes of at least 4 members (excludes halogenated alkanes) is 3. The van der Waals surface area contributed by atoms with Gasteiger partial charge in [-0.05, 0) is 0 Å². The molecular formula is C18H36SiSn. The molecule has 0 fully saturated rings. The summed E-state index contributed by atoms with van der Waals surface area (Å²) in [5.41, 5.74) is 3.67. The number of rotatable bonds is 10. The first-order chi connectivity index (χ1) is 9.39. The molecule has 0 atom stereocenters. The molecule has 0 N–H and O–H groups in total. The summed E-state index contributed by atoms with van der Waals surface area (Å²) in [5.74, 6) is 0. The Morgan fingerprint density at radius 3 is 1.50 bits per heavy atom. The molecule has 0 aromatic rings. The van der Waals surface area contributed by atoms with Gasteiger partial charge in [0.15, 0.2) is 0 Å². The molecule has 0 rings (SSSR count). The zero-order valence-corrected chi connectivity index (χ0v) is 18.7. The van der Waals surface area contributed by atoms with Crippen molar-refractivity contribution < 1.29 is 0 Å². The average molecular weight is 399 g/mol. The van der Waals surface area contributed by atoms with Crippen molar-refractivity contribution in [1.82, 2.24) is 0 Å². The van der Waals surface area contributed by atoms with Crippen molar-refractivity contribution in [2.45, 2.75) is 102 Å². The first-order valence-electron chi connectivity index (χ1n) is 8.68. The predicted octanol–water partition coefficient (Wildman–Crippen LogP) is 6.26. The average Bonchev–Trinajstić information content (AvgIpc) is 2.38. The van der Waals surface area contributed by atoms with Crippen LogP contribution < -0.4 is 0 Å². The fourth-order valence-electron chi connectivity index (χ4n) is 2.46. The van der Waals surface area contributed by atoms with Crippen LogP contribution in [0, 0.1) is 9.48 Å². The van der Waals surface area contributed by atoms with Crippen LogP contribution in [0.4, 0.5) is 0 Å². The Bertz CT molecular complexity index is 271. The summed E-state index contributed by atoms with van der Waals surface area (Å²) in [7, 11) is -1.17. The van der Waals surface area contributed by atoms with Gasteiger partial charge >= 0.3 is 140 Å². The molecule has 0 amide bonds. The molecule has 0 aliphatic rings. The minimum atomic E-state index is -1.17. The Balaban J connectivity index is 4.86. The van der Waals surface area contributed by atoms with Crippen molar-refractivity contribution in [3.05, 3.63) is 0 Å². The fraction of sp³-hybridized carbons (Fsp3) is 0.889. The standard InChI is InChI=1S/C13H27.C5H9Si.Sn/c1-4-7-10-13(11-8-5-2)12-9-6-3;1-5-6(2,3)4;/h4-12H2,1-3H3;2-4H3;. The van der Waals surface area contributed by atoms with Crippen molar-refractivity contribution in [3.8, 4) is 9.48 Å². The van der Waals surface area contributed by atoms with Crippen molar-refractivity contribution in [1.29, 1.82) is 0 Å². The van der Waals surface area contributed by atoms with Crippen LogP contribution >= 0.6 is 0 Å². The van der Waals surface area contributed by atoms with Crippen molar-refractivity contribution in [2.24, 2.45) is 0 Å². The Morgan fingerprint density at radius 2 is 1.20 bits per heavy atom. The van der Waals surface area contributed by atoms with Crippen LogP contribution in [-0.2, 0) is 0 Å². The predicted molar refractivity (Wildman–Crippen MR) is 98.1 cm³/mol. The maximum atomic E-state index is 3.77. The zero-order chi connectivity index (χ0) is 15.5. The van der Waals surface area contributed by atoms with Gasteiger partial charge in [-0.2, -0.15) is 0 Å². The molecule has 0 bridgehead atoms. The van der Waals surface area contributed by atoms with Gasteiger partial charge in [0.05, 0.1) is 0 Å². The van der Waals surface area contributed by atoms with Crippen LogP contribution in [0.5, 0.6) is 0 Å². The zero-order valence-electron chi connectivity index (χ0n) is 14.9. The summed E-state index contributed by atoms with van der Waals surface area (Å²) in [6, 6.07) is 0. The monoisotopic (exact) mass is 400 g/mol. The number of hydrogen-bond donors (Lipinski definition) is 0. The molecule has 0 saturated heterocycles. The first kappa shape index (κ1) is 20.6. The van der Waals surface area contributed by atoms with E-state index in [1.165, 1.54) is 57.8 Å². The van der Waals surface area contributed by atoms with Crippen LogP contribution in [0.15, 0.2) is 0 Å². The van der Waals surface area contributed by atoms with E-state index in [1.807, 2.05) is 0 Å². The SMILES string of the molecule is CCCC[C](CCCC)(CCCC)[Sn][C]#C[Si](C)(C)C. The second-order valence-corrected chi connectivity index (χ2v) is 16.4. The molecule has 0 nitrogen and oxygen atoms in total. The third-order valence-electron chi connectivity index (χ3n) is 3.79. The van der Waals surface area contributed by atoms with E-state index in [1.54, 1.807) is 0 Å². The van der Waals surface area contributed by atoms with Gasteiger partial charge in [-0.1, -0.05) is 0 Å². The van der Waals surface area contributed by atoms with Crippen LogP contribution in [-0.4, -0.2) is 29.2 Å². The third-order valence-corrected chi connectivity index (χ3v) is 9.75. The second kappa shape index (κ2) is 11.2. The Labute approximate surface area is 140 Å². The summed E-state index contributed by atoms with van der Waals surface area (Å²) in [5, 5.41) is 0. The molecule has 0 spiro atoms. The molecule has 0 aliphatic heterocycles. The van der Waals surface area contributed by atoms with Crippen LogP contribution in [0.1, 0.15) is 78.6 Å². The molecule has 0 heterocycles. The molecule has 0 aromatic heterocycles. The van der Waals surface area contributed by atoms with Crippen LogP contribution in [0.25, 0.3) is 0 Å². The number of hydrogen-bond acceptors (Lipinski definition) is 0. The molecule has 20 heavy (non-hydrogen) atoms. The van der Waals surface area contributed by atoms with Gasteiger partial charge in [0.25, 0.3) is 0 Å². The minimum absolute atomic E-state index is 0.562. The van der Waals surface area contributed by atoms with Crippen LogP contribution in [0.3, 0.4) is 0 Å². The second-order valence-electron chi connectivity index (χ2n) is 7.22. The van der Waals surface area contributed by atoms with Gasteiger partial charge in [-0.25, -0.2) is 0 Å². The molecule has 2 heteroatoms. The van der Waals surface area contributed by atoms with Gasteiger partial charge in [-0.15, -0.1) is 0 Å². The Hall–Kier alpha value is 0.576. The summed E-state index contributed by atoms with van der Waals surface area (Å²) in [6.45, 7) is 14.2. The van der Waals surface area contributed by atoms with Gasteiger partial charge in [0.1, 0.15) is 0 Å². The van der Waals surface area contributed by atoms with E-state index in [-0.39, 0.29) is 0 Å². The fourth-order valence-corrected chi connectivity index (χ4v) is 9.98. The molecule has 2 radical (unpaired) electrons. The molecule has 116 valence electrons. The van der Waals surface area contributed by atoms with Crippen molar-refractivity contribution in [2.75, 3.05) is 0 Å². The van der Waals surface area contributed by atoms with Crippen molar-refractivity contribution in [3.63, 3.8) is 0 Å². The summed E-state index contributed by atoms with van der Waals surface area (Å²) in [4.78, 5) is 0. The summed E-state index contributed by atoms with van der Waals surface area (Å²) >= 11 is -0.562. The quantitative estimate of drug-likeness (QED) is 0.301. The molecule has 0 unspecified atom stereocenters. The molecule has 0 saturated carbocycles. The maximum absolute atomic E-state index is 3.77. The van der Waals surface area contributed by atoms with Gasteiger partial charge < -0.3 is 0 Å². The van der Waals surface area contributed by atoms with E-state index in [9.17, 15) is 0 Å². The first-order valence-corrected chi connectivity index (χ1v) is 15.0. The Kier molecular flexibility index (Phi) is 11.5. The van der Waals surface area contributed by atoms with E-state index in [4.69, 9.17) is 0 Å². The molecule has 0 aliphatic carbocycles. The van der Waals surface area contributed by atoms with Crippen molar-refractivity contribution >= 4 is 29.2 Å². The molecule has 0 aromatic carbocycles. The topological polar surface area (TPSA) is 0 Å². The van der Waals surface area contributed by atoms with E-state index >= 15 is 0 Å². The van der Waals surface area contributed by atoms with E-state index in [0.717, 1.165) is 0 Å². The van der Waals surface area contributed by atoms with E-state index in [2.05, 4.69) is 49.9 Å². The van der Waals surface area contributed by atoms with Gasteiger partial charge in [0.2, 0.25) is 0 Å². The normalized spacial score (nSPS) is 12.1. The Morgan fingerprint density at radius 1 is 0.800 bits per heavy atom. The summed E-state index contributed by atoms with van der Waals surface area (Å²) < 4.78 is 4.47. The van der Waals surface area contributed by atoms with Gasteiger partial charge in [-0.3, -0.25) is 0 Å². The van der Waals surface area contributed by atoms with Gasteiger partial charge in [0, 0.05) is 0 Å². The summed E-state index contributed by atoms with van der Waals surface area (Å²) in [6.07, 6.45) is 12.7. The third kappa shape index (κ3) is 10.3. The van der Waals surface area contributed by atoms with E-state index in [0.29, 0.717) is 3.43 Å². The van der Waals surface area contributed by atoms with Crippen LogP contribution in [0.2, 0.25) is 23.1 Å². The van der Waals surface area contributed by atoms with E-state index < -0.39 is 29.2 Å². The molecular weight excluding hydrogens is 363 g/mol.